The largest absolute Gasteiger partial charge is 0.469 e. The van der Waals surface area contributed by atoms with Gasteiger partial charge in [0.25, 0.3) is 0 Å². The van der Waals surface area contributed by atoms with E-state index in [0.29, 0.717) is 0 Å². The van der Waals surface area contributed by atoms with E-state index in [4.69, 9.17) is 26.7 Å². The normalized spacial score (nSPS) is 26.9. The number of aliphatic hydroxyl groups excluding tert-OH is 1. The van der Waals surface area contributed by atoms with E-state index in [0.717, 1.165) is 0 Å². The van der Waals surface area contributed by atoms with Gasteiger partial charge in [0, 0.05) is 12.6 Å². The summed E-state index contributed by atoms with van der Waals surface area (Å²) in [5, 5.41) is 9.76. The molecule has 20 heavy (non-hydrogen) atoms. The molecule has 0 bridgehead atoms. The number of aromatic nitrogens is 2. The summed E-state index contributed by atoms with van der Waals surface area (Å²) in [6.07, 6.45) is -1.16. The molecule has 2 heterocycles. The molecule has 0 spiro atoms. The number of rotatable bonds is 4. The summed E-state index contributed by atoms with van der Waals surface area (Å²) in [5.41, 5.74) is -0.494. The Morgan fingerprint density at radius 1 is 1.60 bits per heavy atom. The van der Waals surface area contributed by atoms with E-state index >= 15 is 0 Å². The average Bonchev–Trinajstić information content (AvgIpc) is 2.67. The Kier molecular flexibility index (Phi) is 4.55. The van der Waals surface area contributed by atoms with Crippen LogP contribution in [-0.2, 0) is 13.8 Å². The smallest absolute Gasteiger partial charge is 0.390 e. The van der Waals surface area contributed by atoms with E-state index in [-0.39, 0.29) is 11.1 Å². The number of hydrogen-bond donors (Lipinski definition) is 4. The van der Waals surface area contributed by atoms with Crippen LogP contribution in [0.15, 0.2) is 17.1 Å². The van der Waals surface area contributed by atoms with Crippen LogP contribution in [0.5, 0.6) is 0 Å². The number of H-pyrrole nitrogens is 1. The average molecular weight is 324 g/mol. The highest BCUT2D eigenvalue weighted by atomic mass is 32.1. The maximum atomic E-state index is 11.7. The Bertz CT molecular complexity index is 638. The predicted octanol–water partition coefficient (Wildman–Crippen LogP) is -0.336. The van der Waals surface area contributed by atoms with Crippen LogP contribution in [0.2, 0.25) is 0 Å². The molecule has 9 nitrogen and oxygen atoms in total. The van der Waals surface area contributed by atoms with Gasteiger partial charge < -0.3 is 19.6 Å². The first-order chi connectivity index (χ1) is 9.26. The van der Waals surface area contributed by atoms with Crippen LogP contribution in [0.1, 0.15) is 12.6 Å². The molecule has 1 aromatic heterocycles. The summed E-state index contributed by atoms with van der Waals surface area (Å²) in [5.74, 6) is 0. The van der Waals surface area contributed by atoms with Crippen LogP contribution in [0, 0.1) is 4.64 Å². The number of nitrogens with one attached hydrogen (secondary N) is 1. The second-order valence-corrected chi connectivity index (χ2v) is 5.92. The molecular formula is C9H13N2O7PS. The first-order valence-corrected chi connectivity index (χ1v) is 7.55. The van der Waals surface area contributed by atoms with Gasteiger partial charge in [-0.1, -0.05) is 12.2 Å². The van der Waals surface area contributed by atoms with Gasteiger partial charge >= 0.3 is 13.5 Å². The van der Waals surface area contributed by atoms with Gasteiger partial charge in [-0.15, -0.1) is 0 Å². The summed E-state index contributed by atoms with van der Waals surface area (Å²) in [6, 6.07) is 1.49. The van der Waals surface area contributed by atoms with Crippen LogP contribution in [0.3, 0.4) is 0 Å². The monoisotopic (exact) mass is 324 g/mol. The maximum absolute atomic E-state index is 11.7. The summed E-state index contributed by atoms with van der Waals surface area (Å²) < 4.78 is 21.7. The van der Waals surface area contributed by atoms with E-state index in [1.165, 1.54) is 16.8 Å². The number of aromatic amines is 1. The van der Waals surface area contributed by atoms with Crippen LogP contribution < -0.4 is 5.69 Å². The third-order valence-electron chi connectivity index (χ3n) is 2.77. The quantitative estimate of drug-likeness (QED) is 0.437. The lowest BCUT2D eigenvalue weighted by atomic mass is 10.2. The molecule has 0 aromatic carbocycles. The molecule has 4 N–H and O–H groups in total. The van der Waals surface area contributed by atoms with Crippen molar-refractivity contribution in [3.63, 3.8) is 0 Å². The molecule has 11 heteroatoms. The number of ether oxygens (including phenoxy) is 1. The minimum Gasteiger partial charge on any atom is -0.390 e. The van der Waals surface area contributed by atoms with Crippen molar-refractivity contribution in [3.05, 3.63) is 27.4 Å². The molecule has 1 aliphatic heterocycles. The van der Waals surface area contributed by atoms with Crippen molar-refractivity contribution in [2.45, 2.75) is 24.9 Å². The Balaban J connectivity index is 2.08. The number of phosphoric ester groups is 1. The van der Waals surface area contributed by atoms with Gasteiger partial charge in [-0.05, 0) is 6.07 Å². The van der Waals surface area contributed by atoms with Gasteiger partial charge in [0.2, 0.25) is 0 Å². The molecule has 0 saturated carbocycles. The molecule has 3 atom stereocenters. The topological polar surface area (TPSA) is 134 Å². The van der Waals surface area contributed by atoms with Crippen molar-refractivity contribution in [1.82, 2.24) is 9.55 Å². The highest BCUT2D eigenvalue weighted by Crippen LogP contribution is 2.38. The van der Waals surface area contributed by atoms with E-state index in [2.05, 4.69) is 9.51 Å². The van der Waals surface area contributed by atoms with Crippen molar-refractivity contribution in [3.8, 4) is 0 Å². The Morgan fingerprint density at radius 3 is 2.90 bits per heavy atom. The Morgan fingerprint density at radius 2 is 2.30 bits per heavy atom. The fourth-order valence-corrected chi connectivity index (χ4v) is 2.35. The first-order valence-electron chi connectivity index (χ1n) is 5.61. The molecule has 1 fully saturated rings. The van der Waals surface area contributed by atoms with Gasteiger partial charge in [-0.2, -0.15) is 0 Å². The van der Waals surface area contributed by atoms with Crippen LogP contribution >= 0.6 is 20.0 Å². The van der Waals surface area contributed by atoms with Crippen molar-refractivity contribution in [2.75, 3.05) is 6.61 Å². The van der Waals surface area contributed by atoms with E-state index in [1.54, 1.807) is 0 Å². The van der Waals surface area contributed by atoms with Crippen LogP contribution in [0.4, 0.5) is 0 Å². The fraction of sp³-hybridized carbons (Fsp3) is 0.556. The van der Waals surface area contributed by atoms with Crippen LogP contribution in [-0.4, -0.2) is 43.3 Å². The molecule has 1 aromatic rings. The zero-order chi connectivity index (χ0) is 14.9. The standard InChI is InChI=1S/C9H13N2O7PS/c12-5-3-8(11-2-1-7(20)10-9(11)13)18-6(5)4-17-19(14,15)16/h1-2,5-6,8,12H,3-4H2,(H,10,13,20)(H2,14,15,16). The Labute approximate surface area is 118 Å². The van der Waals surface area contributed by atoms with Gasteiger partial charge in [0.15, 0.2) is 0 Å². The van der Waals surface area contributed by atoms with E-state index < -0.39 is 38.6 Å². The van der Waals surface area contributed by atoms with Crippen molar-refractivity contribution >= 4 is 20.0 Å². The molecule has 1 saturated heterocycles. The highest BCUT2D eigenvalue weighted by Gasteiger charge is 2.36. The second-order valence-electron chi connectivity index (χ2n) is 4.24. The molecule has 0 aliphatic carbocycles. The van der Waals surface area contributed by atoms with Crippen LogP contribution in [0.25, 0.3) is 0 Å². The van der Waals surface area contributed by atoms with E-state index in [9.17, 15) is 14.5 Å². The Hall–Kier alpha value is -0.870. The molecule has 0 radical (unpaired) electrons. The molecule has 0 amide bonds. The third-order valence-corrected chi connectivity index (χ3v) is 3.50. The first kappa shape index (κ1) is 15.5. The summed E-state index contributed by atoms with van der Waals surface area (Å²) in [7, 11) is -4.63. The number of hydrogen-bond acceptors (Lipinski definition) is 6. The van der Waals surface area contributed by atoms with Gasteiger partial charge in [-0.25, -0.2) is 9.36 Å². The lowest BCUT2D eigenvalue weighted by molar-refractivity contribution is -0.0450. The molecule has 3 unspecified atom stereocenters. The predicted molar refractivity (Wildman–Crippen MR) is 68.4 cm³/mol. The van der Waals surface area contributed by atoms with Crippen molar-refractivity contribution in [1.29, 1.82) is 0 Å². The maximum Gasteiger partial charge on any atom is 0.469 e. The minimum absolute atomic E-state index is 0.0969. The van der Waals surface area contributed by atoms with Gasteiger partial charge in [-0.3, -0.25) is 14.1 Å². The summed E-state index contributed by atoms with van der Waals surface area (Å²) in [4.78, 5) is 31.3. The highest BCUT2D eigenvalue weighted by molar-refractivity contribution is 7.71. The van der Waals surface area contributed by atoms with Crippen molar-refractivity contribution < 1.29 is 28.7 Å². The number of phosphoric acid groups is 1. The lowest BCUT2D eigenvalue weighted by Gasteiger charge is -2.16. The third kappa shape index (κ3) is 3.83. The fourth-order valence-electron chi connectivity index (χ4n) is 1.86. The molecular weight excluding hydrogens is 311 g/mol. The SMILES string of the molecule is O=c1[nH]c(=S)ccn1C1CC(O)C(COP(=O)(O)O)O1. The second kappa shape index (κ2) is 5.86. The molecule has 112 valence electrons. The number of nitrogens with zero attached hydrogens (tertiary/aromatic N) is 1. The summed E-state index contributed by atoms with van der Waals surface area (Å²) in [6.45, 7) is -0.473. The molecule has 1 aliphatic rings. The van der Waals surface area contributed by atoms with Crippen molar-refractivity contribution in [2.24, 2.45) is 0 Å². The summed E-state index contributed by atoms with van der Waals surface area (Å²) >= 11 is 4.80. The minimum atomic E-state index is -4.63. The zero-order valence-electron chi connectivity index (χ0n) is 10.1. The van der Waals surface area contributed by atoms with Gasteiger partial charge in [0.05, 0.1) is 12.7 Å². The lowest BCUT2D eigenvalue weighted by Crippen LogP contribution is -2.27. The molecule has 2 rings (SSSR count). The number of aliphatic hydroxyl groups is 1. The zero-order valence-corrected chi connectivity index (χ0v) is 11.8. The van der Waals surface area contributed by atoms with E-state index in [1.807, 2.05) is 0 Å². The van der Waals surface area contributed by atoms with Gasteiger partial charge in [0.1, 0.15) is 17.0 Å².